The molecule has 4 rings (SSSR count). The smallest absolute Gasteiger partial charge is 0.249 e. The molecule has 1 spiro atoms. The van der Waals surface area contributed by atoms with Crippen molar-refractivity contribution in [1.82, 2.24) is 14.7 Å². The first-order chi connectivity index (χ1) is 18.0. The van der Waals surface area contributed by atoms with Crippen LogP contribution in [0, 0.1) is 23.2 Å². The first-order valence-electron chi connectivity index (χ1n) is 14.6. The van der Waals surface area contributed by atoms with E-state index in [1.54, 1.807) is 9.80 Å². The minimum absolute atomic E-state index is 0.0265. The van der Waals surface area contributed by atoms with Gasteiger partial charge in [-0.25, -0.2) is 0 Å². The molecule has 4 heterocycles. The lowest BCUT2D eigenvalue weighted by molar-refractivity contribution is -0.160. The number of hydrogen-bond donors (Lipinski definition) is 1. The second-order valence-corrected chi connectivity index (χ2v) is 14.3. The Hall–Kier alpha value is -2.19. The molecule has 8 heteroatoms. The van der Waals surface area contributed by atoms with Crippen molar-refractivity contribution >= 4 is 17.7 Å². The number of fused-ring (bicyclic) bond motifs is 2. The van der Waals surface area contributed by atoms with E-state index in [2.05, 4.69) is 34.6 Å². The summed E-state index contributed by atoms with van der Waals surface area (Å²) in [6.45, 7) is 19.6. The highest BCUT2D eigenvalue weighted by atomic mass is 16.5. The zero-order chi connectivity index (χ0) is 29.1. The Balaban J connectivity index is 1.90. The largest absolute Gasteiger partial charge is 0.394 e. The minimum Gasteiger partial charge on any atom is -0.394 e. The third kappa shape index (κ3) is 4.75. The monoisotopic (exact) mass is 543 g/mol. The molecule has 0 aromatic rings. The Bertz CT molecular complexity index is 1060. The maximum atomic E-state index is 14.7. The van der Waals surface area contributed by atoms with Crippen LogP contribution in [0.3, 0.4) is 0 Å². The summed E-state index contributed by atoms with van der Waals surface area (Å²) in [4.78, 5) is 48.6. The fourth-order valence-corrected chi connectivity index (χ4v) is 7.90. The van der Waals surface area contributed by atoms with E-state index in [1.165, 1.54) is 0 Å². The van der Waals surface area contributed by atoms with E-state index < -0.39 is 40.7 Å². The zero-order valence-electron chi connectivity index (χ0n) is 25.4. The van der Waals surface area contributed by atoms with Gasteiger partial charge in [0.2, 0.25) is 17.7 Å². The van der Waals surface area contributed by atoms with Gasteiger partial charge in [-0.05, 0) is 44.9 Å². The molecule has 4 aliphatic rings. The van der Waals surface area contributed by atoms with Crippen molar-refractivity contribution in [3.63, 3.8) is 0 Å². The van der Waals surface area contributed by atoms with Crippen LogP contribution in [0.15, 0.2) is 24.3 Å². The second-order valence-electron chi connectivity index (χ2n) is 14.3. The molecule has 1 unspecified atom stereocenters. The number of aliphatic hydroxyl groups excluding tert-OH is 1. The van der Waals surface area contributed by atoms with Gasteiger partial charge in [-0.3, -0.25) is 14.4 Å². The molecule has 6 atom stereocenters. The number of carbonyl (C=O) groups excluding carboxylic acids is 3. The van der Waals surface area contributed by atoms with Crippen molar-refractivity contribution < 1.29 is 24.2 Å². The number of nitrogens with zero attached hydrogens (tertiary/aromatic N) is 3. The van der Waals surface area contributed by atoms with Crippen molar-refractivity contribution in [2.75, 3.05) is 26.2 Å². The molecule has 3 amide bonds. The van der Waals surface area contributed by atoms with Crippen LogP contribution in [-0.4, -0.2) is 92.6 Å². The van der Waals surface area contributed by atoms with E-state index in [0.29, 0.717) is 19.6 Å². The Kier molecular flexibility index (Phi) is 7.65. The average molecular weight is 544 g/mol. The summed E-state index contributed by atoms with van der Waals surface area (Å²) >= 11 is 0. The molecule has 4 aliphatic heterocycles. The molecule has 2 fully saturated rings. The molecule has 0 saturated carbocycles. The molecule has 1 N–H and O–H groups in total. The third-order valence-electron chi connectivity index (χ3n) is 9.08. The standard InChI is InChI=1S/C31H49N3O5/c1-10-15-32-16-11-13-30(9)22(25(32)36)23-26(37)34(21(18-35)20(2)3)24-27(38)33(17-12-14-31(23,24)39-30)29(7,8)19-28(4,5)6/h11-14,20-24,35H,10,15-19H2,1-9H3/t21-,22+,23-,24?,30-,31-/m0/s1. The minimum atomic E-state index is -1.31. The molecule has 0 aromatic heterocycles. The van der Waals surface area contributed by atoms with Crippen LogP contribution in [0.5, 0.6) is 0 Å². The quantitative estimate of drug-likeness (QED) is 0.497. The molecule has 2 saturated heterocycles. The summed E-state index contributed by atoms with van der Waals surface area (Å²) in [5.41, 5.74) is -2.86. The lowest BCUT2D eigenvalue weighted by Crippen LogP contribution is -2.62. The van der Waals surface area contributed by atoms with Crippen molar-refractivity contribution in [3.8, 4) is 0 Å². The van der Waals surface area contributed by atoms with Gasteiger partial charge >= 0.3 is 0 Å². The number of ether oxygens (including phenoxy) is 1. The summed E-state index contributed by atoms with van der Waals surface area (Å²) in [5, 5.41) is 10.5. The van der Waals surface area contributed by atoms with E-state index in [4.69, 9.17) is 4.74 Å². The lowest BCUT2D eigenvalue weighted by atomic mass is 9.74. The molecule has 0 aliphatic carbocycles. The maximum Gasteiger partial charge on any atom is 0.249 e. The predicted molar refractivity (Wildman–Crippen MR) is 151 cm³/mol. The third-order valence-corrected chi connectivity index (χ3v) is 9.08. The van der Waals surface area contributed by atoms with Gasteiger partial charge in [-0.1, -0.05) is 65.8 Å². The van der Waals surface area contributed by atoms with E-state index in [9.17, 15) is 19.5 Å². The maximum absolute atomic E-state index is 14.7. The number of amides is 3. The van der Waals surface area contributed by atoms with Crippen molar-refractivity contribution in [2.24, 2.45) is 23.2 Å². The Labute approximate surface area is 234 Å². The Morgan fingerprint density at radius 1 is 1.00 bits per heavy atom. The molecule has 8 nitrogen and oxygen atoms in total. The van der Waals surface area contributed by atoms with Crippen molar-refractivity contribution in [2.45, 2.75) is 104 Å². The lowest BCUT2D eigenvalue weighted by Gasteiger charge is -2.46. The van der Waals surface area contributed by atoms with E-state index in [1.807, 2.05) is 56.9 Å². The average Bonchev–Trinajstić information content (AvgIpc) is 3.06. The summed E-state index contributed by atoms with van der Waals surface area (Å²) in [6, 6.07) is -1.55. The van der Waals surface area contributed by atoms with Crippen LogP contribution in [0.25, 0.3) is 0 Å². The first-order valence-corrected chi connectivity index (χ1v) is 14.6. The number of aliphatic hydroxyl groups is 1. The highest BCUT2D eigenvalue weighted by Crippen LogP contribution is 2.58. The number of rotatable bonds is 7. The predicted octanol–water partition coefficient (Wildman–Crippen LogP) is 3.40. The molecular formula is C31H49N3O5. The van der Waals surface area contributed by atoms with Crippen LogP contribution in [0.2, 0.25) is 0 Å². The van der Waals surface area contributed by atoms with Crippen molar-refractivity contribution in [3.05, 3.63) is 24.3 Å². The number of likely N-dealkylation sites (tertiary alicyclic amines) is 1. The normalized spacial score (nSPS) is 33.9. The fourth-order valence-electron chi connectivity index (χ4n) is 7.90. The molecule has 0 bridgehead atoms. The molecule has 0 aromatic carbocycles. The van der Waals surface area contributed by atoms with Gasteiger partial charge in [0.1, 0.15) is 11.6 Å². The molecule has 218 valence electrons. The SMILES string of the molecule is CCCN1CC=C[C@]2(C)O[C@]34C=CCN(C(C)(C)CC(C)(C)C)C(=O)C3N([C@@H](CO)C(C)C)C(=O)[C@@H]4[C@@H]2C1=O. The van der Waals surface area contributed by atoms with Gasteiger partial charge in [0.15, 0.2) is 0 Å². The summed E-state index contributed by atoms with van der Waals surface area (Å²) < 4.78 is 6.92. The van der Waals surface area contributed by atoms with E-state index >= 15 is 0 Å². The molecular weight excluding hydrogens is 494 g/mol. The highest BCUT2D eigenvalue weighted by molar-refractivity contribution is 6.00. The van der Waals surface area contributed by atoms with Gasteiger partial charge < -0.3 is 24.5 Å². The number of carbonyl (C=O) groups is 3. The Morgan fingerprint density at radius 3 is 2.21 bits per heavy atom. The molecule has 0 radical (unpaired) electrons. The first kappa shape index (κ1) is 29.8. The van der Waals surface area contributed by atoms with Gasteiger partial charge in [0.05, 0.1) is 30.1 Å². The fraction of sp³-hybridized carbons (Fsp3) is 0.774. The van der Waals surface area contributed by atoms with Crippen LogP contribution in [0.1, 0.15) is 75.2 Å². The highest BCUT2D eigenvalue weighted by Gasteiger charge is 2.75. The van der Waals surface area contributed by atoms with Crippen LogP contribution >= 0.6 is 0 Å². The van der Waals surface area contributed by atoms with Gasteiger partial charge in [-0.15, -0.1) is 0 Å². The van der Waals surface area contributed by atoms with Crippen molar-refractivity contribution in [1.29, 1.82) is 0 Å². The van der Waals surface area contributed by atoms with Crippen LogP contribution < -0.4 is 0 Å². The van der Waals surface area contributed by atoms with Gasteiger partial charge in [-0.2, -0.15) is 0 Å². The number of hydrogen-bond acceptors (Lipinski definition) is 5. The summed E-state index contributed by atoms with van der Waals surface area (Å²) in [7, 11) is 0. The van der Waals surface area contributed by atoms with Gasteiger partial charge in [0, 0.05) is 25.2 Å². The topological polar surface area (TPSA) is 90.4 Å². The molecule has 39 heavy (non-hydrogen) atoms. The van der Waals surface area contributed by atoms with E-state index in [-0.39, 0.29) is 35.7 Å². The second kappa shape index (κ2) is 10.0. The summed E-state index contributed by atoms with van der Waals surface area (Å²) in [6.07, 6.45) is 9.28. The van der Waals surface area contributed by atoms with Gasteiger partial charge in [0.25, 0.3) is 0 Å². The van der Waals surface area contributed by atoms with Crippen LogP contribution in [0.4, 0.5) is 0 Å². The summed E-state index contributed by atoms with van der Waals surface area (Å²) in [5.74, 6) is -2.30. The van der Waals surface area contributed by atoms with E-state index in [0.717, 1.165) is 12.8 Å². The zero-order valence-corrected chi connectivity index (χ0v) is 25.4. The van der Waals surface area contributed by atoms with Crippen LogP contribution in [-0.2, 0) is 19.1 Å². The Morgan fingerprint density at radius 2 is 1.64 bits per heavy atom.